The number of rotatable bonds is 3. The Bertz CT molecular complexity index is 233. The van der Waals surface area contributed by atoms with Gasteiger partial charge in [-0.05, 0) is 25.8 Å². The van der Waals surface area contributed by atoms with E-state index in [9.17, 15) is 4.79 Å². The second kappa shape index (κ2) is 4.94. The maximum absolute atomic E-state index is 11.9. The van der Waals surface area contributed by atoms with Crippen molar-refractivity contribution in [3.63, 3.8) is 0 Å². The molecule has 86 valence electrons. The van der Waals surface area contributed by atoms with Crippen LogP contribution in [-0.4, -0.2) is 49.7 Å². The first-order valence-corrected chi connectivity index (χ1v) is 5.84. The Hall–Kier alpha value is -0.610. The topological polar surface area (TPSA) is 41.6 Å². The molecular formula is C11H20N2O2. The number of ether oxygens (including phenoxy) is 1. The molecule has 1 amide bonds. The minimum Gasteiger partial charge on any atom is -0.384 e. The molecule has 0 aromatic rings. The van der Waals surface area contributed by atoms with Gasteiger partial charge >= 0.3 is 0 Å². The Kier molecular flexibility index (Phi) is 3.59. The Labute approximate surface area is 91.0 Å². The number of nitrogens with one attached hydrogen (secondary N) is 1. The van der Waals surface area contributed by atoms with Crippen molar-refractivity contribution in [2.75, 3.05) is 26.8 Å². The van der Waals surface area contributed by atoms with Crippen molar-refractivity contribution in [3.05, 3.63) is 0 Å². The number of hydrogen-bond acceptors (Lipinski definition) is 3. The summed E-state index contributed by atoms with van der Waals surface area (Å²) in [5.41, 5.74) is 0. The average molecular weight is 212 g/mol. The highest BCUT2D eigenvalue weighted by molar-refractivity contribution is 5.76. The standard InChI is InChI=1S/C11H20N2O2/c1-15-8-5-11(14)13-7-2-3-9-10(13)4-6-12-9/h9-10,12H,2-8H2,1H3. The molecule has 0 radical (unpaired) electrons. The van der Waals surface area contributed by atoms with Crippen LogP contribution in [0.5, 0.6) is 0 Å². The quantitative estimate of drug-likeness (QED) is 0.735. The Morgan fingerprint density at radius 3 is 3.20 bits per heavy atom. The fourth-order valence-electron chi connectivity index (χ4n) is 2.71. The van der Waals surface area contributed by atoms with Crippen LogP contribution in [0.1, 0.15) is 25.7 Å². The summed E-state index contributed by atoms with van der Waals surface area (Å²) in [5, 5.41) is 3.47. The van der Waals surface area contributed by atoms with Gasteiger partial charge in [0.05, 0.1) is 13.0 Å². The lowest BCUT2D eigenvalue weighted by Crippen LogP contribution is -2.51. The van der Waals surface area contributed by atoms with Crippen LogP contribution in [0.4, 0.5) is 0 Å². The van der Waals surface area contributed by atoms with Crippen LogP contribution >= 0.6 is 0 Å². The molecule has 1 N–H and O–H groups in total. The van der Waals surface area contributed by atoms with Crippen LogP contribution in [0.15, 0.2) is 0 Å². The van der Waals surface area contributed by atoms with E-state index in [2.05, 4.69) is 10.2 Å². The largest absolute Gasteiger partial charge is 0.384 e. The smallest absolute Gasteiger partial charge is 0.225 e. The van der Waals surface area contributed by atoms with E-state index in [-0.39, 0.29) is 5.91 Å². The first kappa shape index (κ1) is 10.9. The first-order chi connectivity index (χ1) is 7.33. The molecule has 2 aliphatic rings. The van der Waals surface area contributed by atoms with Crippen LogP contribution in [0.3, 0.4) is 0 Å². The van der Waals surface area contributed by atoms with Gasteiger partial charge in [0.25, 0.3) is 0 Å². The fourth-order valence-corrected chi connectivity index (χ4v) is 2.71. The third kappa shape index (κ3) is 2.32. The lowest BCUT2D eigenvalue weighted by molar-refractivity contribution is -0.135. The molecule has 0 aromatic carbocycles. The molecule has 2 rings (SSSR count). The Morgan fingerprint density at radius 1 is 1.53 bits per heavy atom. The van der Waals surface area contributed by atoms with Crippen molar-refractivity contribution in [2.24, 2.45) is 0 Å². The van der Waals surface area contributed by atoms with Gasteiger partial charge in [-0.2, -0.15) is 0 Å². The van der Waals surface area contributed by atoms with Crippen LogP contribution in [0.25, 0.3) is 0 Å². The molecule has 0 saturated carbocycles. The molecule has 2 heterocycles. The third-order valence-corrected chi connectivity index (χ3v) is 3.47. The van der Waals surface area contributed by atoms with E-state index in [0.717, 1.165) is 25.9 Å². The molecule has 4 heteroatoms. The summed E-state index contributed by atoms with van der Waals surface area (Å²) in [6.45, 7) is 2.54. The molecule has 2 saturated heterocycles. The highest BCUT2D eigenvalue weighted by Crippen LogP contribution is 2.24. The maximum atomic E-state index is 11.9. The second-order valence-corrected chi connectivity index (χ2v) is 4.39. The van der Waals surface area contributed by atoms with Gasteiger partial charge in [-0.25, -0.2) is 0 Å². The highest BCUT2D eigenvalue weighted by atomic mass is 16.5. The molecule has 2 fully saturated rings. The number of amides is 1. The lowest BCUT2D eigenvalue weighted by Gasteiger charge is -2.37. The molecule has 0 aromatic heterocycles. The molecule has 0 bridgehead atoms. The van der Waals surface area contributed by atoms with Gasteiger partial charge in [0.15, 0.2) is 0 Å². The Balaban J connectivity index is 1.92. The van der Waals surface area contributed by atoms with Crippen LogP contribution in [0, 0.1) is 0 Å². The molecule has 4 nitrogen and oxygen atoms in total. The first-order valence-electron chi connectivity index (χ1n) is 5.84. The van der Waals surface area contributed by atoms with Crippen molar-refractivity contribution in [3.8, 4) is 0 Å². The summed E-state index contributed by atoms with van der Waals surface area (Å²) >= 11 is 0. The third-order valence-electron chi connectivity index (χ3n) is 3.47. The summed E-state index contributed by atoms with van der Waals surface area (Å²) < 4.78 is 4.95. The van der Waals surface area contributed by atoms with Crippen molar-refractivity contribution in [1.82, 2.24) is 10.2 Å². The summed E-state index contributed by atoms with van der Waals surface area (Å²) in [6.07, 6.45) is 3.99. The lowest BCUT2D eigenvalue weighted by atomic mass is 9.97. The van der Waals surface area contributed by atoms with Crippen LogP contribution in [-0.2, 0) is 9.53 Å². The summed E-state index contributed by atoms with van der Waals surface area (Å²) in [5.74, 6) is 0.259. The van der Waals surface area contributed by atoms with Gasteiger partial charge < -0.3 is 15.0 Å². The molecule has 15 heavy (non-hydrogen) atoms. The van der Waals surface area contributed by atoms with Gasteiger partial charge in [-0.3, -0.25) is 4.79 Å². The summed E-state index contributed by atoms with van der Waals surface area (Å²) in [7, 11) is 1.64. The maximum Gasteiger partial charge on any atom is 0.225 e. The average Bonchev–Trinajstić information content (AvgIpc) is 2.73. The summed E-state index contributed by atoms with van der Waals surface area (Å²) in [4.78, 5) is 14.0. The number of methoxy groups -OCH3 is 1. The molecule has 2 atom stereocenters. The predicted molar refractivity (Wildman–Crippen MR) is 57.6 cm³/mol. The molecule has 2 aliphatic heterocycles. The van der Waals surface area contributed by atoms with E-state index >= 15 is 0 Å². The zero-order valence-electron chi connectivity index (χ0n) is 9.37. The van der Waals surface area contributed by atoms with E-state index in [4.69, 9.17) is 4.74 Å². The van der Waals surface area contributed by atoms with Crippen molar-refractivity contribution in [2.45, 2.75) is 37.8 Å². The number of nitrogens with zero attached hydrogens (tertiary/aromatic N) is 1. The minimum absolute atomic E-state index is 0.259. The SMILES string of the molecule is COCCC(=O)N1CCCC2NCCC21. The number of carbonyl (C=O) groups is 1. The molecular weight excluding hydrogens is 192 g/mol. The van der Waals surface area contributed by atoms with Gasteiger partial charge in [0, 0.05) is 25.7 Å². The molecule has 2 unspecified atom stereocenters. The number of carbonyl (C=O) groups excluding carboxylic acids is 1. The van der Waals surface area contributed by atoms with Crippen LogP contribution in [0.2, 0.25) is 0 Å². The van der Waals surface area contributed by atoms with Crippen molar-refractivity contribution in [1.29, 1.82) is 0 Å². The van der Waals surface area contributed by atoms with E-state index in [0.29, 0.717) is 25.1 Å². The fraction of sp³-hybridized carbons (Fsp3) is 0.909. The zero-order valence-corrected chi connectivity index (χ0v) is 9.37. The van der Waals surface area contributed by atoms with Crippen LogP contribution < -0.4 is 5.32 Å². The van der Waals surface area contributed by atoms with E-state index in [1.807, 2.05) is 0 Å². The van der Waals surface area contributed by atoms with Gasteiger partial charge in [0.1, 0.15) is 0 Å². The number of likely N-dealkylation sites (tertiary alicyclic amines) is 1. The summed E-state index contributed by atoms with van der Waals surface area (Å²) in [6, 6.07) is 0.994. The zero-order chi connectivity index (χ0) is 10.7. The minimum atomic E-state index is 0.259. The number of piperidine rings is 1. The monoisotopic (exact) mass is 212 g/mol. The van der Waals surface area contributed by atoms with E-state index in [1.54, 1.807) is 7.11 Å². The van der Waals surface area contributed by atoms with E-state index in [1.165, 1.54) is 6.42 Å². The molecule has 0 spiro atoms. The predicted octanol–water partition coefficient (Wildman–Crippen LogP) is 0.376. The van der Waals surface area contributed by atoms with Gasteiger partial charge in [0.2, 0.25) is 5.91 Å². The van der Waals surface area contributed by atoms with Gasteiger partial charge in [-0.15, -0.1) is 0 Å². The van der Waals surface area contributed by atoms with Crippen molar-refractivity contribution < 1.29 is 9.53 Å². The van der Waals surface area contributed by atoms with Gasteiger partial charge in [-0.1, -0.05) is 0 Å². The molecule has 0 aliphatic carbocycles. The number of fused-ring (bicyclic) bond motifs is 1. The van der Waals surface area contributed by atoms with Crippen molar-refractivity contribution >= 4 is 5.91 Å². The highest BCUT2D eigenvalue weighted by Gasteiger charge is 2.36. The Morgan fingerprint density at radius 2 is 2.40 bits per heavy atom. The van der Waals surface area contributed by atoms with E-state index < -0.39 is 0 Å². The second-order valence-electron chi connectivity index (χ2n) is 4.39. The number of hydrogen-bond donors (Lipinski definition) is 1. The normalized spacial score (nSPS) is 30.3.